The van der Waals surface area contributed by atoms with Gasteiger partial charge in [0, 0.05) is 25.7 Å². The monoisotopic (exact) mass is 276 g/mol. The van der Waals surface area contributed by atoms with E-state index in [9.17, 15) is 5.11 Å². The Kier molecular flexibility index (Phi) is 2.55. The molecule has 1 saturated heterocycles. The van der Waals surface area contributed by atoms with Gasteiger partial charge in [-0.2, -0.15) is 0 Å². The van der Waals surface area contributed by atoms with Crippen molar-refractivity contribution in [1.82, 2.24) is 10.1 Å². The number of β-amino-alcohol motifs (C(OH)–C–C–N with tert-alkyl or cyclic N) is 1. The van der Waals surface area contributed by atoms with Crippen LogP contribution >= 0.6 is 11.3 Å². The largest absolute Gasteiger partial charge is 0.387 e. The lowest BCUT2D eigenvalue weighted by Crippen LogP contribution is -2.62. The molecule has 100 valence electrons. The number of likely N-dealkylation sites (tertiary alicyclic amines) is 1. The lowest BCUT2D eigenvalue weighted by atomic mass is 9.88. The fourth-order valence-corrected chi connectivity index (χ4v) is 3.54. The average Bonchev–Trinajstić information content (AvgIpc) is 2.89. The fraction of sp³-hybridized carbons (Fsp3) is 0.500. The molecule has 0 radical (unpaired) electrons. The zero-order valence-corrected chi connectivity index (χ0v) is 11.4. The third kappa shape index (κ3) is 2.12. The summed E-state index contributed by atoms with van der Waals surface area (Å²) in [5.74, 6) is 1.38. The molecule has 1 aliphatic carbocycles. The Morgan fingerprint density at radius 1 is 1.47 bits per heavy atom. The van der Waals surface area contributed by atoms with E-state index in [1.54, 1.807) is 11.3 Å². The van der Waals surface area contributed by atoms with Gasteiger partial charge >= 0.3 is 0 Å². The second-order valence-electron chi connectivity index (χ2n) is 5.68. The van der Waals surface area contributed by atoms with Crippen molar-refractivity contribution in [2.45, 2.75) is 25.0 Å². The molecule has 4 nitrogen and oxygen atoms in total. The van der Waals surface area contributed by atoms with Gasteiger partial charge < -0.3 is 9.63 Å². The molecule has 1 N–H and O–H groups in total. The summed E-state index contributed by atoms with van der Waals surface area (Å²) < 4.78 is 5.36. The zero-order valence-electron chi connectivity index (χ0n) is 10.6. The Labute approximate surface area is 115 Å². The van der Waals surface area contributed by atoms with E-state index in [0.717, 1.165) is 36.0 Å². The third-order valence-electron chi connectivity index (χ3n) is 4.04. The van der Waals surface area contributed by atoms with Gasteiger partial charge in [-0.3, -0.25) is 4.90 Å². The van der Waals surface area contributed by atoms with Gasteiger partial charge in [0.2, 0.25) is 0 Å². The minimum Gasteiger partial charge on any atom is -0.387 e. The first-order valence-electron chi connectivity index (χ1n) is 6.67. The summed E-state index contributed by atoms with van der Waals surface area (Å²) in [7, 11) is 0. The molecule has 2 aliphatic rings. The van der Waals surface area contributed by atoms with E-state index in [-0.39, 0.29) is 0 Å². The van der Waals surface area contributed by atoms with E-state index in [4.69, 9.17) is 4.52 Å². The molecule has 0 spiro atoms. The van der Waals surface area contributed by atoms with Crippen LogP contribution in [-0.2, 0) is 6.54 Å². The van der Waals surface area contributed by atoms with E-state index in [0.29, 0.717) is 5.92 Å². The molecule has 2 aromatic rings. The maximum Gasteiger partial charge on any atom is 0.177 e. The first kappa shape index (κ1) is 11.6. The molecule has 2 fully saturated rings. The summed E-state index contributed by atoms with van der Waals surface area (Å²) in [4.78, 5) is 3.34. The van der Waals surface area contributed by atoms with Crippen LogP contribution in [0.15, 0.2) is 28.1 Å². The van der Waals surface area contributed by atoms with Gasteiger partial charge in [0.05, 0.1) is 16.2 Å². The highest BCUT2D eigenvalue weighted by atomic mass is 32.1. The van der Waals surface area contributed by atoms with Crippen LogP contribution in [0.4, 0.5) is 0 Å². The smallest absolute Gasteiger partial charge is 0.177 e. The van der Waals surface area contributed by atoms with Crippen LogP contribution < -0.4 is 0 Å². The van der Waals surface area contributed by atoms with Crippen LogP contribution in [0.25, 0.3) is 10.6 Å². The third-order valence-corrected chi connectivity index (χ3v) is 4.93. The highest BCUT2D eigenvalue weighted by Gasteiger charge is 2.51. The molecule has 0 atom stereocenters. The van der Waals surface area contributed by atoms with Gasteiger partial charge in [-0.05, 0) is 30.2 Å². The molecule has 0 unspecified atom stereocenters. The van der Waals surface area contributed by atoms with Gasteiger partial charge in [-0.1, -0.05) is 11.2 Å². The summed E-state index contributed by atoms with van der Waals surface area (Å²) >= 11 is 1.65. The first-order chi connectivity index (χ1) is 9.23. The number of aliphatic hydroxyl groups is 1. The van der Waals surface area contributed by atoms with Crippen LogP contribution in [-0.4, -0.2) is 33.9 Å². The Morgan fingerprint density at radius 3 is 3.00 bits per heavy atom. The number of nitrogens with zero attached hydrogens (tertiary/aromatic N) is 2. The molecule has 1 saturated carbocycles. The number of aromatic nitrogens is 1. The quantitative estimate of drug-likeness (QED) is 0.931. The van der Waals surface area contributed by atoms with Crippen molar-refractivity contribution in [2.75, 3.05) is 13.1 Å². The van der Waals surface area contributed by atoms with Gasteiger partial charge in [-0.15, -0.1) is 11.3 Å². The number of rotatable bonds is 4. The standard InChI is InChI=1S/C14H16N2O2S/c17-14(10-3-4-10)8-16(9-14)7-11-6-12(18-15-11)13-2-1-5-19-13/h1-2,5-6,10,17H,3-4,7-9H2. The summed E-state index contributed by atoms with van der Waals surface area (Å²) in [6.45, 7) is 2.32. The Hall–Kier alpha value is -1.17. The molecule has 1 aliphatic heterocycles. The average molecular weight is 276 g/mol. The fourth-order valence-electron chi connectivity index (χ4n) is 2.87. The summed E-state index contributed by atoms with van der Waals surface area (Å²) in [6.07, 6.45) is 2.38. The molecule has 2 aromatic heterocycles. The molecule has 0 amide bonds. The maximum atomic E-state index is 10.3. The molecule has 0 aromatic carbocycles. The number of thiophene rings is 1. The van der Waals surface area contributed by atoms with E-state index >= 15 is 0 Å². The summed E-state index contributed by atoms with van der Waals surface area (Å²) in [5.41, 5.74) is 0.529. The predicted octanol–water partition coefficient (Wildman–Crippen LogP) is 2.36. The Morgan fingerprint density at radius 2 is 2.32 bits per heavy atom. The van der Waals surface area contributed by atoms with E-state index < -0.39 is 5.60 Å². The van der Waals surface area contributed by atoms with E-state index in [2.05, 4.69) is 10.1 Å². The topological polar surface area (TPSA) is 49.5 Å². The van der Waals surface area contributed by atoms with Gasteiger partial charge in [0.15, 0.2) is 5.76 Å². The van der Waals surface area contributed by atoms with Crippen molar-refractivity contribution >= 4 is 11.3 Å². The van der Waals surface area contributed by atoms with Crippen LogP contribution in [0.3, 0.4) is 0 Å². The van der Waals surface area contributed by atoms with Crippen LogP contribution in [0, 0.1) is 5.92 Å². The second-order valence-corrected chi connectivity index (χ2v) is 6.63. The van der Waals surface area contributed by atoms with Crippen molar-refractivity contribution in [1.29, 1.82) is 0 Å². The molecular weight excluding hydrogens is 260 g/mol. The normalized spacial score (nSPS) is 22.4. The Bertz CT molecular complexity index is 568. The van der Waals surface area contributed by atoms with Crippen molar-refractivity contribution in [2.24, 2.45) is 5.92 Å². The highest BCUT2D eigenvalue weighted by molar-refractivity contribution is 7.13. The van der Waals surface area contributed by atoms with Crippen molar-refractivity contribution in [3.63, 3.8) is 0 Å². The van der Waals surface area contributed by atoms with E-state index in [1.165, 1.54) is 12.8 Å². The lowest BCUT2D eigenvalue weighted by molar-refractivity contribution is -0.117. The number of hydrogen-bond donors (Lipinski definition) is 1. The van der Waals surface area contributed by atoms with Crippen molar-refractivity contribution in [3.8, 4) is 10.6 Å². The van der Waals surface area contributed by atoms with Gasteiger partial charge in [0.25, 0.3) is 0 Å². The van der Waals surface area contributed by atoms with Crippen LogP contribution in [0.1, 0.15) is 18.5 Å². The first-order valence-corrected chi connectivity index (χ1v) is 7.55. The Balaban J connectivity index is 1.39. The van der Waals surface area contributed by atoms with Crippen LogP contribution in [0.5, 0.6) is 0 Å². The summed E-state index contributed by atoms with van der Waals surface area (Å²) in [6, 6.07) is 6.04. The molecule has 19 heavy (non-hydrogen) atoms. The van der Waals surface area contributed by atoms with Crippen molar-refractivity contribution < 1.29 is 9.63 Å². The molecular formula is C14H16N2O2S. The zero-order chi connectivity index (χ0) is 12.9. The molecule has 0 bridgehead atoms. The van der Waals surface area contributed by atoms with Crippen LogP contribution in [0.2, 0.25) is 0 Å². The molecule has 5 heteroatoms. The minimum absolute atomic E-state index is 0.416. The van der Waals surface area contributed by atoms with Crippen molar-refractivity contribution in [3.05, 3.63) is 29.3 Å². The lowest BCUT2D eigenvalue weighted by Gasteiger charge is -2.46. The maximum absolute atomic E-state index is 10.3. The number of hydrogen-bond acceptors (Lipinski definition) is 5. The van der Waals surface area contributed by atoms with E-state index in [1.807, 2.05) is 23.6 Å². The minimum atomic E-state index is -0.416. The van der Waals surface area contributed by atoms with Gasteiger partial charge in [0.1, 0.15) is 0 Å². The summed E-state index contributed by atoms with van der Waals surface area (Å²) in [5, 5.41) is 16.4. The molecule has 3 heterocycles. The second kappa shape index (κ2) is 4.16. The van der Waals surface area contributed by atoms with Gasteiger partial charge in [-0.25, -0.2) is 0 Å². The molecule has 4 rings (SSSR count). The highest BCUT2D eigenvalue weighted by Crippen LogP contribution is 2.44. The predicted molar refractivity (Wildman–Crippen MR) is 72.8 cm³/mol. The SMILES string of the molecule is OC1(C2CC2)CN(Cc2cc(-c3cccs3)on2)C1.